The summed E-state index contributed by atoms with van der Waals surface area (Å²) in [4.78, 5) is 25.4. The van der Waals surface area contributed by atoms with E-state index in [1.54, 1.807) is 17.3 Å². The van der Waals surface area contributed by atoms with Crippen LogP contribution in [0.5, 0.6) is 0 Å². The maximum atomic E-state index is 12.8. The van der Waals surface area contributed by atoms with Crippen LogP contribution >= 0.6 is 0 Å². The Morgan fingerprint density at radius 1 is 1.26 bits per heavy atom. The molecule has 0 unspecified atom stereocenters. The molecule has 8 nitrogen and oxygen atoms in total. The smallest absolute Gasteiger partial charge is 0.255 e. The molecule has 8 heteroatoms. The molecule has 0 saturated heterocycles. The van der Waals surface area contributed by atoms with Gasteiger partial charge in [-0.05, 0) is 31.0 Å². The fourth-order valence-electron chi connectivity index (χ4n) is 2.79. The van der Waals surface area contributed by atoms with Crippen molar-refractivity contribution in [3.8, 4) is 0 Å². The Bertz CT molecular complexity index is 855. The van der Waals surface area contributed by atoms with Crippen LogP contribution in [-0.2, 0) is 20.0 Å². The van der Waals surface area contributed by atoms with Crippen molar-refractivity contribution in [2.45, 2.75) is 19.9 Å². The molecule has 0 aliphatic rings. The number of aromatic nitrogens is 5. The quantitative estimate of drug-likeness (QED) is 0.657. The molecule has 27 heavy (non-hydrogen) atoms. The van der Waals surface area contributed by atoms with Crippen LogP contribution in [0.1, 0.15) is 28.7 Å². The van der Waals surface area contributed by atoms with Crippen LogP contribution in [0.15, 0.2) is 43.1 Å². The van der Waals surface area contributed by atoms with Crippen molar-refractivity contribution in [1.29, 1.82) is 0 Å². The van der Waals surface area contributed by atoms with Gasteiger partial charge < -0.3 is 14.4 Å². The highest BCUT2D eigenvalue weighted by Crippen LogP contribution is 2.13. The van der Waals surface area contributed by atoms with Gasteiger partial charge in [0, 0.05) is 52.0 Å². The summed E-state index contributed by atoms with van der Waals surface area (Å²) in [5.74, 6) is 1.65. The maximum Gasteiger partial charge on any atom is 0.255 e. The minimum absolute atomic E-state index is 0.0411. The molecule has 3 heterocycles. The van der Waals surface area contributed by atoms with Crippen LogP contribution in [0, 0.1) is 0 Å². The van der Waals surface area contributed by atoms with Gasteiger partial charge in [-0.3, -0.25) is 9.89 Å². The van der Waals surface area contributed by atoms with E-state index in [1.807, 2.05) is 56.3 Å². The second kappa shape index (κ2) is 8.48. The Kier molecular flexibility index (Phi) is 5.85. The average molecular weight is 367 g/mol. The predicted molar refractivity (Wildman–Crippen MR) is 103 cm³/mol. The van der Waals surface area contributed by atoms with Crippen molar-refractivity contribution in [1.82, 2.24) is 29.6 Å². The molecule has 3 aromatic rings. The standard InChI is InChI=1S/C19H25N7O/c1-4-26(14-18-20-8-10-25(18)3)19(27)16-5-6-17(21-13-16)24(2)9-7-15-11-22-23-12-15/h5-6,8,10-13H,4,7,9,14H2,1-3H3,(H,22,23). The van der Waals surface area contributed by atoms with Gasteiger partial charge in [-0.1, -0.05) is 0 Å². The molecule has 0 radical (unpaired) electrons. The summed E-state index contributed by atoms with van der Waals surface area (Å²) in [6.07, 6.45) is 9.86. The molecular weight excluding hydrogens is 342 g/mol. The summed E-state index contributed by atoms with van der Waals surface area (Å²) < 4.78 is 1.92. The number of hydrogen-bond acceptors (Lipinski definition) is 5. The number of carbonyl (C=O) groups excluding carboxylic acids is 1. The van der Waals surface area contributed by atoms with Crippen molar-refractivity contribution >= 4 is 11.7 Å². The lowest BCUT2D eigenvalue weighted by atomic mass is 10.2. The highest BCUT2D eigenvalue weighted by Gasteiger charge is 2.17. The lowest BCUT2D eigenvalue weighted by molar-refractivity contribution is 0.0747. The second-order valence-corrected chi connectivity index (χ2v) is 6.46. The van der Waals surface area contributed by atoms with Crippen LogP contribution in [-0.4, -0.2) is 55.7 Å². The number of nitrogens with zero attached hydrogens (tertiary/aromatic N) is 6. The summed E-state index contributed by atoms with van der Waals surface area (Å²) >= 11 is 0. The number of aryl methyl sites for hydroxylation is 1. The Labute approximate surface area is 158 Å². The fraction of sp³-hybridized carbons (Fsp3) is 0.368. The SMILES string of the molecule is CCN(Cc1nccn1C)C(=O)c1ccc(N(C)CCc2cn[nH]c2)nc1. The van der Waals surface area contributed by atoms with E-state index in [4.69, 9.17) is 0 Å². The van der Waals surface area contributed by atoms with E-state index >= 15 is 0 Å². The van der Waals surface area contributed by atoms with Crippen molar-refractivity contribution < 1.29 is 4.79 Å². The number of H-pyrrole nitrogens is 1. The number of nitrogens with one attached hydrogen (secondary N) is 1. The molecule has 3 aromatic heterocycles. The molecule has 142 valence electrons. The summed E-state index contributed by atoms with van der Waals surface area (Å²) in [5.41, 5.74) is 1.74. The van der Waals surface area contributed by atoms with E-state index in [9.17, 15) is 4.79 Å². The molecule has 0 aliphatic carbocycles. The number of rotatable bonds is 8. The van der Waals surface area contributed by atoms with Gasteiger partial charge in [0.2, 0.25) is 0 Å². The van der Waals surface area contributed by atoms with Gasteiger partial charge in [-0.25, -0.2) is 9.97 Å². The number of pyridine rings is 1. The van der Waals surface area contributed by atoms with E-state index in [0.29, 0.717) is 18.7 Å². The molecule has 0 spiro atoms. The fourth-order valence-corrected chi connectivity index (χ4v) is 2.79. The number of carbonyl (C=O) groups is 1. The maximum absolute atomic E-state index is 12.8. The first-order valence-electron chi connectivity index (χ1n) is 8.98. The number of hydrogen-bond donors (Lipinski definition) is 1. The summed E-state index contributed by atoms with van der Waals surface area (Å²) in [6.45, 7) is 3.87. The van der Waals surface area contributed by atoms with Crippen molar-refractivity contribution in [2.24, 2.45) is 7.05 Å². The largest absolute Gasteiger partial charge is 0.359 e. The molecule has 0 aliphatic heterocycles. The number of anilines is 1. The number of likely N-dealkylation sites (N-methyl/N-ethyl adjacent to an activating group) is 1. The third-order valence-electron chi connectivity index (χ3n) is 4.60. The van der Waals surface area contributed by atoms with Gasteiger partial charge in [-0.15, -0.1) is 0 Å². The highest BCUT2D eigenvalue weighted by atomic mass is 16.2. The molecule has 1 N–H and O–H groups in total. The highest BCUT2D eigenvalue weighted by molar-refractivity contribution is 5.94. The van der Waals surface area contributed by atoms with E-state index in [1.165, 1.54) is 0 Å². The monoisotopic (exact) mass is 367 g/mol. The van der Waals surface area contributed by atoms with Crippen molar-refractivity contribution in [3.05, 3.63) is 60.1 Å². The lowest BCUT2D eigenvalue weighted by Gasteiger charge is -2.21. The van der Waals surface area contributed by atoms with Crippen LogP contribution in [0.2, 0.25) is 0 Å². The molecule has 0 fully saturated rings. The first-order valence-corrected chi connectivity index (χ1v) is 8.98. The van der Waals surface area contributed by atoms with Crippen molar-refractivity contribution in [2.75, 3.05) is 25.0 Å². The predicted octanol–water partition coefficient (Wildman–Crippen LogP) is 1.88. The molecular formula is C19H25N7O. The van der Waals surface area contributed by atoms with E-state index in [2.05, 4.69) is 25.1 Å². The number of aromatic amines is 1. The Morgan fingerprint density at radius 3 is 2.70 bits per heavy atom. The number of imidazole rings is 1. The van der Waals surface area contributed by atoms with Gasteiger partial charge in [-0.2, -0.15) is 5.10 Å². The molecule has 0 bridgehead atoms. The first-order chi connectivity index (χ1) is 13.1. The Hall–Kier alpha value is -3.16. The van der Waals surface area contributed by atoms with Crippen LogP contribution in [0.3, 0.4) is 0 Å². The van der Waals surface area contributed by atoms with Gasteiger partial charge >= 0.3 is 0 Å². The van der Waals surface area contributed by atoms with E-state index in [-0.39, 0.29) is 5.91 Å². The summed E-state index contributed by atoms with van der Waals surface area (Å²) in [7, 11) is 3.92. The van der Waals surface area contributed by atoms with Crippen molar-refractivity contribution in [3.63, 3.8) is 0 Å². The summed E-state index contributed by atoms with van der Waals surface area (Å²) in [6, 6.07) is 3.72. The van der Waals surface area contributed by atoms with Crippen LogP contribution in [0.25, 0.3) is 0 Å². The van der Waals surface area contributed by atoms with Gasteiger partial charge in [0.05, 0.1) is 18.3 Å². The third-order valence-corrected chi connectivity index (χ3v) is 4.60. The van der Waals surface area contributed by atoms with Gasteiger partial charge in [0.25, 0.3) is 5.91 Å². The van der Waals surface area contributed by atoms with Gasteiger partial charge in [0.1, 0.15) is 11.6 Å². The zero-order valence-electron chi connectivity index (χ0n) is 16.0. The Morgan fingerprint density at radius 2 is 2.11 bits per heavy atom. The topological polar surface area (TPSA) is 82.9 Å². The lowest BCUT2D eigenvalue weighted by Crippen LogP contribution is -2.31. The Balaban J connectivity index is 1.62. The van der Waals surface area contributed by atoms with Gasteiger partial charge in [0.15, 0.2) is 0 Å². The second-order valence-electron chi connectivity index (χ2n) is 6.46. The third kappa shape index (κ3) is 4.52. The molecule has 0 aromatic carbocycles. The summed E-state index contributed by atoms with van der Waals surface area (Å²) in [5, 5.41) is 6.77. The minimum atomic E-state index is -0.0411. The first kappa shape index (κ1) is 18.6. The molecule has 0 atom stereocenters. The van der Waals surface area contributed by atoms with Crippen LogP contribution in [0.4, 0.5) is 5.82 Å². The molecule has 0 saturated carbocycles. The zero-order valence-corrected chi connectivity index (χ0v) is 16.0. The van der Waals surface area contributed by atoms with E-state index < -0.39 is 0 Å². The minimum Gasteiger partial charge on any atom is -0.359 e. The zero-order chi connectivity index (χ0) is 19.2. The average Bonchev–Trinajstić information content (AvgIpc) is 3.35. The normalized spacial score (nSPS) is 10.8. The molecule has 1 amide bonds. The number of amides is 1. The molecule has 3 rings (SSSR count). The van der Waals surface area contributed by atoms with Crippen LogP contribution < -0.4 is 4.90 Å². The van der Waals surface area contributed by atoms with E-state index in [0.717, 1.165) is 30.2 Å².